The van der Waals surface area contributed by atoms with Gasteiger partial charge in [-0.2, -0.15) is 0 Å². The van der Waals surface area contributed by atoms with Gasteiger partial charge in [-0.1, -0.05) is 0 Å². The summed E-state index contributed by atoms with van der Waals surface area (Å²) < 4.78 is 0. The molecule has 0 aromatic heterocycles. The van der Waals surface area contributed by atoms with Crippen molar-refractivity contribution in [2.24, 2.45) is 5.92 Å². The summed E-state index contributed by atoms with van der Waals surface area (Å²) in [6.45, 7) is 4.84. The SMILES string of the molecule is CC(SCC(CC(=O)O)C(=O)N1CCN(C)CC1)C(=O)O.O=C1CN1. The molecule has 142 valence electrons. The molecule has 9 nitrogen and oxygen atoms in total. The molecule has 25 heavy (non-hydrogen) atoms. The van der Waals surface area contributed by atoms with Crippen molar-refractivity contribution in [3.63, 3.8) is 0 Å². The van der Waals surface area contributed by atoms with Crippen molar-refractivity contribution >= 4 is 35.5 Å². The molecule has 0 bridgehead atoms. The number of carboxylic acid groups (broad SMARTS) is 2. The van der Waals surface area contributed by atoms with E-state index in [1.54, 1.807) is 4.90 Å². The van der Waals surface area contributed by atoms with E-state index >= 15 is 0 Å². The fourth-order valence-corrected chi connectivity index (χ4v) is 3.01. The Morgan fingerprint density at radius 2 is 1.72 bits per heavy atom. The van der Waals surface area contributed by atoms with Gasteiger partial charge in [0.15, 0.2) is 0 Å². The number of carboxylic acids is 2. The zero-order valence-corrected chi connectivity index (χ0v) is 15.3. The standard InChI is InChI=1S/C13H22N2O5S.C2H3NO/c1-9(13(19)20)21-8-10(7-11(16)17)12(18)15-5-3-14(2)4-6-15;4-2-1-3-2/h9-10H,3-8H2,1-2H3,(H,16,17)(H,19,20);1H2,(H,3,4). The van der Waals surface area contributed by atoms with Crippen LogP contribution in [0.25, 0.3) is 0 Å². The lowest BCUT2D eigenvalue weighted by molar-refractivity contribution is -0.144. The van der Waals surface area contributed by atoms with E-state index in [4.69, 9.17) is 10.2 Å². The minimum atomic E-state index is -1.04. The summed E-state index contributed by atoms with van der Waals surface area (Å²) in [5, 5.41) is 19.6. The third-order valence-corrected chi connectivity index (χ3v) is 5.10. The minimum absolute atomic E-state index is 0.167. The second kappa shape index (κ2) is 10.2. The first-order chi connectivity index (χ1) is 11.7. The highest BCUT2D eigenvalue weighted by molar-refractivity contribution is 8.00. The van der Waals surface area contributed by atoms with Crippen LogP contribution in [0.4, 0.5) is 0 Å². The second-order valence-electron chi connectivity index (χ2n) is 6.01. The zero-order valence-electron chi connectivity index (χ0n) is 14.4. The fourth-order valence-electron chi connectivity index (χ4n) is 2.08. The van der Waals surface area contributed by atoms with E-state index in [-0.39, 0.29) is 24.0 Å². The largest absolute Gasteiger partial charge is 0.481 e. The van der Waals surface area contributed by atoms with Crippen molar-refractivity contribution in [3.05, 3.63) is 0 Å². The predicted molar refractivity (Wildman–Crippen MR) is 92.4 cm³/mol. The quantitative estimate of drug-likeness (QED) is 0.491. The van der Waals surface area contributed by atoms with Crippen molar-refractivity contribution in [1.29, 1.82) is 0 Å². The van der Waals surface area contributed by atoms with Gasteiger partial charge in [0.25, 0.3) is 0 Å². The van der Waals surface area contributed by atoms with Gasteiger partial charge in [-0.25, -0.2) is 0 Å². The maximum Gasteiger partial charge on any atom is 0.316 e. The number of carbonyl (C=O) groups excluding carboxylic acids is 2. The van der Waals surface area contributed by atoms with Crippen LogP contribution in [0.5, 0.6) is 0 Å². The summed E-state index contributed by atoms with van der Waals surface area (Å²) in [7, 11) is 1.97. The van der Waals surface area contributed by atoms with Crippen LogP contribution >= 0.6 is 11.8 Å². The summed E-state index contributed by atoms with van der Waals surface area (Å²) >= 11 is 1.11. The molecule has 0 aliphatic carbocycles. The number of amides is 2. The molecule has 2 saturated heterocycles. The lowest BCUT2D eigenvalue weighted by atomic mass is 10.1. The van der Waals surface area contributed by atoms with E-state index in [9.17, 15) is 19.2 Å². The van der Waals surface area contributed by atoms with Gasteiger partial charge < -0.3 is 25.3 Å². The fraction of sp³-hybridized carbons (Fsp3) is 0.733. The van der Waals surface area contributed by atoms with Crippen molar-refractivity contribution < 1.29 is 29.4 Å². The molecule has 2 atom stereocenters. The number of aliphatic carboxylic acids is 2. The molecule has 2 aliphatic heterocycles. The van der Waals surface area contributed by atoms with Crippen molar-refractivity contribution in [2.75, 3.05) is 45.5 Å². The lowest BCUT2D eigenvalue weighted by Gasteiger charge is -2.34. The predicted octanol–water partition coefficient (Wildman–Crippen LogP) is -0.826. The van der Waals surface area contributed by atoms with E-state index < -0.39 is 23.1 Å². The van der Waals surface area contributed by atoms with Crippen LogP contribution in [0.15, 0.2) is 0 Å². The molecule has 0 radical (unpaired) electrons. The van der Waals surface area contributed by atoms with Gasteiger partial charge in [-0.15, -0.1) is 11.8 Å². The molecule has 0 aromatic rings. The Bertz CT molecular complexity index is 501. The normalized spacial score (nSPS) is 19.1. The van der Waals surface area contributed by atoms with Crippen LogP contribution < -0.4 is 5.32 Å². The van der Waals surface area contributed by atoms with Crippen LogP contribution in [0.2, 0.25) is 0 Å². The molecule has 2 rings (SSSR count). The van der Waals surface area contributed by atoms with Crippen molar-refractivity contribution in [3.8, 4) is 0 Å². The van der Waals surface area contributed by atoms with E-state index in [1.807, 2.05) is 7.05 Å². The highest BCUT2D eigenvalue weighted by Crippen LogP contribution is 2.20. The summed E-state index contributed by atoms with van der Waals surface area (Å²) in [5.74, 6) is -2.47. The van der Waals surface area contributed by atoms with Gasteiger partial charge in [0.2, 0.25) is 11.8 Å². The number of nitrogens with one attached hydrogen (secondary N) is 1. The number of nitrogens with zero attached hydrogens (tertiary/aromatic N) is 2. The monoisotopic (exact) mass is 375 g/mol. The van der Waals surface area contributed by atoms with Crippen molar-refractivity contribution in [1.82, 2.24) is 15.1 Å². The van der Waals surface area contributed by atoms with Gasteiger partial charge in [0, 0.05) is 31.9 Å². The number of rotatable bonds is 7. The maximum absolute atomic E-state index is 12.4. The van der Waals surface area contributed by atoms with Gasteiger partial charge >= 0.3 is 11.9 Å². The minimum Gasteiger partial charge on any atom is -0.481 e. The highest BCUT2D eigenvalue weighted by atomic mass is 32.2. The topological polar surface area (TPSA) is 137 Å². The molecule has 2 unspecified atom stereocenters. The second-order valence-corrected chi connectivity index (χ2v) is 7.39. The van der Waals surface area contributed by atoms with Crippen molar-refractivity contribution in [2.45, 2.75) is 18.6 Å². The lowest BCUT2D eigenvalue weighted by Crippen LogP contribution is -2.49. The molecule has 0 aromatic carbocycles. The average molecular weight is 375 g/mol. The number of hydrogen-bond acceptors (Lipinski definition) is 6. The third kappa shape index (κ3) is 8.73. The first-order valence-corrected chi connectivity index (χ1v) is 9.05. The number of thioether (sulfide) groups is 1. The molecular formula is C15H25N3O6S. The van der Waals surface area contributed by atoms with Gasteiger partial charge in [-0.3, -0.25) is 19.2 Å². The molecular weight excluding hydrogens is 350 g/mol. The van der Waals surface area contributed by atoms with Crippen LogP contribution in [0, 0.1) is 5.92 Å². The molecule has 0 saturated carbocycles. The van der Waals surface area contributed by atoms with Crippen LogP contribution in [-0.2, 0) is 19.2 Å². The molecule has 2 aliphatic rings. The molecule has 3 N–H and O–H groups in total. The summed E-state index contributed by atoms with van der Waals surface area (Å²) in [6.07, 6.45) is -0.259. The van der Waals surface area contributed by atoms with E-state index in [0.29, 0.717) is 19.6 Å². The molecule has 2 amide bonds. The Kier molecular flexibility index (Phi) is 8.70. The van der Waals surface area contributed by atoms with Crippen LogP contribution in [-0.4, -0.2) is 94.5 Å². The van der Waals surface area contributed by atoms with Crippen LogP contribution in [0.3, 0.4) is 0 Å². The zero-order chi connectivity index (χ0) is 19.0. The van der Waals surface area contributed by atoms with E-state index in [2.05, 4.69) is 10.2 Å². The highest BCUT2D eigenvalue weighted by Gasteiger charge is 2.29. The Balaban J connectivity index is 0.000000680. The number of carbonyl (C=O) groups is 4. The van der Waals surface area contributed by atoms with Gasteiger partial charge in [0.05, 0.1) is 24.1 Å². The smallest absolute Gasteiger partial charge is 0.316 e. The summed E-state index contributed by atoms with van der Waals surface area (Å²) in [4.78, 5) is 47.4. The Labute approximate surface area is 150 Å². The number of likely N-dealkylation sites (N-methyl/N-ethyl adjacent to an activating group) is 1. The molecule has 0 spiro atoms. The van der Waals surface area contributed by atoms with Gasteiger partial charge in [0.1, 0.15) is 0 Å². The average Bonchev–Trinajstić information content (AvgIpc) is 3.33. The summed E-state index contributed by atoms with van der Waals surface area (Å²) in [5.41, 5.74) is 0. The van der Waals surface area contributed by atoms with Gasteiger partial charge in [-0.05, 0) is 14.0 Å². The van der Waals surface area contributed by atoms with E-state index in [1.165, 1.54) is 6.92 Å². The first-order valence-electron chi connectivity index (χ1n) is 8.01. The third-order valence-electron chi connectivity index (χ3n) is 3.80. The molecule has 2 heterocycles. The Hall–Kier alpha value is -1.81. The molecule has 2 fully saturated rings. The number of hydrogen-bond donors (Lipinski definition) is 3. The first kappa shape index (κ1) is 21.2. The Morgan fingerprint density at radius 1 is 1.20 bits per heavy atom. The number of piperazine rings is 1. The van der Waals surface area contributed by atoms with Crippen LogP contribution in [0.1, 0.15) is 13.3 Å². The maximum atomic E-state index is 12.4. The molecule has 10 heteroatoms. The summed E-state index contributed by atoms with van der Waals surface area (Å²) in [6, 6.07) is 0. The Morgan fingerprint density at radius 3 is 2.12 bits per heavy atom. The van der Waals surface area contributed by atoms with E-state index in [0.717, 1.165) is 24.9 Å².